The summed E-state index contributed by atoms with van der Waals surface area (Å²) in [7, 11) is 0. The molecule has 2 aromatic carbocycles. The number of ether oxygens (including phenoxy) is 1. The van der Waals surface area contributed by atoms with Crippen LogP contribution < -0.4 is 10.1 Å². The van der Waals surface area contributed by atoms with Crippen molar-refractivity contribution in [3.63, 3.8) is 0 Å². The Balaban J connectivity index is 1.37. The van der Waals surface area contributed by atoms with Crippen LogP contribution in [-0.2, 0) is 17.8 Å². The molecular weight excluding hydrogens is 362 g/mol. The minimum atomic E-state index is 0.189. The van der Waals surface area contributed by atoms with Gasteiger partial charge in [-0.3, -0.25) is 4.79 Å². The minimum Gasteiger partial charge on any atom is -0.493 e. The number of nitrogens with one attached hydrogen (secondary N) is 1. The molecule has 0 unspecified atom stereocenters. The fourth-order valence-corrected chi connectivity index (χ4v) is 3.72. The van der Waals surface area contributed by atoms with E-state index in [2.05, 4.69) is 41.9 Å². The third-order valence-corrected chi connectivity index (χ3v) is 5.44. The van der Waals surface area contributed by atoms with Crippen molar-refractivity contribution in [3.8, 4) is 5.75 Å². The van der Waals surface area contributed by atoms with E-state index in [4.69, 9.17) is 9.72 Å². The first kappa shape index (κ1) is 19.5. The van der Waals surface area contributed by atoms with Gasteiger partial charge in [-0.05, 0) is 56.9 Å². The highest BCUT2D eigenvalue weighted by Crippen LogP contribution is 2.28. The van der Waals surface area contributed by atoms with Crippen LogP contribution in [0.4, 0.5) is 0 Å². The molecular formula is C24H29N3O2. The Kier molecular flexibility index (Phi) is 5.84. The Morgan fingerprint density at radius 1 is 1.21 bits per heavy atom. The molecule has 1 fully saturated rings. The molecule has 0 aliphatic heterocycles. The van der Waals surface area contributed by atoms with E-state index in [1.807, 2.05) is 24.3 Å². The maximum atomic E-state index is 11.9. The molecule has 1 amide bonds. The number of aryl methyl sites for hydroxylation is 3. The largest absolute Gasteiger partial charge is 0.493 e. The van der Waals surface area contributed by atoms with E-state index < -0.39 is 0 Å². The molecule has 0 bridgehead atoms. The number of amides is 1. The second-order valence-corrected chi connectivity index (χ2v) is 7.95. The van der Waals surface area contributed by atoms with Gasteiger partial charge >= 0.3 is 0 Å². The number of hydrogen-bond acceptors (Lipinski definition) is 3. The molecule has 1 aliphatic rings. The predicted octanol–water partition coefficient (Wildman–Crippen LogP) is 4.19. The Bertz CT molecular complexity index is 1000. The van der Waals surface area contributed by atoms with E-state index in [0.717, 1.165) is 54.8 Å². The molecule has 0 atom stereocenters. The van der Waals surface area contributed by atoms with Crippen LogP contribution in [0, 0.1) is 19.8 Å². The zero-order chi connectivity index (χ0) is 20.2. The summed E-state index contributed by atoms with van der Waals surface area (Å²) in [6, 6.07) is 14.5. The molecule has 1 aliphatic carbocycles. The van der Waals surface area contributed by atoms with Crippen molar-refractivity contribution in [1.29, 1.82) is 0 Å². The van der Waals surface area contributed by atoms with Crippen molar-refractivity contribution < 1.29 is 9.53 Å². The number of fused-ring (bicyclic) bond motifs is 1. The maximum absolute atomic E-state index is 11.9. The number of imidazole rings is 1. The second kappa shape index (κ2) is 8.68. The molecule has 1 saturated carbocycles. The first-order valence-electron chi connectivity index (χ1n) is 10.5. The molecule has 5 nitrogen and oxygen atoms in total. The summed E-state index contributed by atoms with van der Waals surface area (Å²) in [6.07, 6.45) is 3.70. The number of hydrogen-bond donors (Lipinski definition) is 1. The van der Waals surface area contributed by atoms with Gasteiger partial charge in [0.05, 0.1) is 17.6 Å². The lowest BCUT2D eigenvalue weighted by atomic mass is 10.1. The second-order valence-electron chi connectivity index (χ2n) is 7.95. The Morgan fingerprint density at radius 3 is 2.83 bits per heavy atom. The lowest BCUT2D eigenvalue weighted by Crippen LogP contribution is -2.27. The molecule has 1 aromatic heterocycles. The molecule has 152 valence electrons. The predicted molar refractivity (Wildman–Crippen MR) is 115 cm³/mol. The number of para-hydroxylation sites is 2. The molecule has 0 saturated heterocycles. The van der Waals surface area contributed by atoms with Gasteiger partial charge in [-0.25, -0.2) is 4.98 Å². The average molecular weight is 392 g/mol. The van der Waals surface area contributed by atoms with Crippen molar-refractivity contribution >= 4 is 16.9 Å². The highest BCUT2D eigenvalue weighted by molar-refractivity contribution is 5.80. The van der Waals surface area contributed by atoms with Gasteiger partial charge in [0.25, 0.3) is 0 Å². The summed E-state index contributed by atoms with van der Waals surface area (Å²) >= 11 is 0. The smallest absolute Gasteiger partial charge is 0.223 e. The third kappa shape index (κ3) is 4.78. The third-order valence-electron chi connectivity index (χ3n) is 5.44. The van der Waals surface area contributed by atoms with Gasteiger partial charge in [0, 0.05) is 25.4 Å². The Hall–Kier alpha value is -2.82. The van der Waals surface area contributed by atoms with Crippen molar-refractivity contribution in [1.82, 2.24) is 14.9 Å². The number of carbonyl (C=O) groups excluding carboxylic acids is 1. The van der Waals surface area contributed by atoms with Crippen LogP contribution in [0.1, 0.15) is 36.2 Å². The summed E-state index contributed by atoms with van der Waals surface area (Å²) in [6.45, 7) is 6.32. The summed E-state index contributed by atoms with van der Waals surface area (Å²) in [5.41, 5.74) is 4.57. The van der Waals surface area contributed by atoms with Gasteiger partial charge in [-0.15, -0.1) is 0 Å². The van der Waals surface area contributed by atoms with Gasteiger partial charge in [0.1, 0.15) is 11.6 Å². The topological polar surface area (TPSA) is 56.1 Å². The highest BCUT2D eigenvalue weighted by Gasteiger charge is 2.29. The van der Waals surface area contributed by atoms with Crippen LogP contribution in [0.2, 0.25) is 0 Å². The van der Waals surface area contributed by atoms with E-state index in [0.29, 0.717) is 13.2 Å². The molecule has 0 radical (unpaired) electrons. The van der Waals surface area contributed by atoms with E-state index >= 15 is 0 Å². The van der Waals surface area contributed by atoms with Crippen LogP contribution in [-0.4, -0.2) is 28.6 Å². The number of aromatic nitrogens is 2. The quantitative estimate of drug-likeness (QED) is 0.557. The first-order valence-corrected chi connectivity index (χ1v) is 10.5. The van der Waals surface area contributed by atoms with Crippen molar-refractivity contribution in [2.24, 2.45) is 5.92 Å². The molecule has 3 aromatic rings. The Morgan fingerprint density at radius 2 is 2.03 bits per heavy atom. The number of rotatable bonds is 9. The number of benzene rings is 2. The van der Waals surface area contributed by atoms with Gasteiger partial charge in [0.2, 0.25) is 5.91 Å². The average Bonchev–Trinajstić information content (AvgIpc) is 3.50. The van der Waals surface area contributed by atoms with E-state index in [-0.39, 0.29) is 11.8 Å². The Labute approximate surface area is 172 Å². The van der Waals surface area contributed by atoms with E-state index in [9.17, 15) is 4.79 Å². The van der Waals surface area contributed by atoms with Gasteiger partial charge < -0.3 is 14.6 Å². The molecule has 1 N–H and O–H groups in total. The van der Waals surface area contributed by atoms with Crippen molar-refractivity contribution in [2.75, 3.05) is 13.2 Å². The SMILES string of the molecule is Cc1ccc(OCCCn2c(CCNC(=O)C3CC3)nc3ccccc32)c(C)c1. The molecule has 4 rings (SSSR count). The monoisotopic (exact) mass is 391 g/mol. The van der Waals surface area contributed by atoms with Crippen LogP contribution in [0.3, 0.4) is 0 Å². The van der Waals surface area contributed by atoms with Crippen LogP contribution in [0.5, 0.6) is 5.75 Å². The number of nitrogens with zero attached hydrogens (tertiary/aromatic N) is 2. The van der Waals surface area contributed by atoms with Crippen LogP contribution >= 0.6 is 0 Å². The molecule has 0 spiro atoms. The summed E-state index contributed by atoms with van der Waals surface area (Å²) < 4.78 is 8.26. The first-order chi connectivity index (χ1) is 14.1. The van der Waals surface area contributed by atoms with Crippen molar-refractivity contribution in [2.45, 2.75) is 46.1 Å². The fourth-order valence-electron chi connectivity index (χ4n) is 3.72. The minimum absolute atomic E-state index is 0.189. The van der Waals surface area contributed by atoms with E-state index in [1.54, 1.807) is 0 Å². The normalized spacial score (nSPS) is 13.6. The summed E-state index contributed by atoms with van der Waals surface area (Å²) in [4.78, 5) is 16.7. The van der Waals surface area contributed by atoms with Gasteiger partial charge in [-0.2, -0.15) is 0 Å². The van der Waals surface area contributed by atoms with Crippen molar-refractivity contribution in [3.05, 3.63) is 59.4 Å². The zero-order valence-electron chi connectivity index (χ0n) is 17.3. The highest BCUT2D eigenvalue weighted by atomic mass is 16.5. The summed E-state index contributed by atoms with van der Waals surface area (Å²) in [5, 5.41) is 3.05. The lowest BCUT2D eigenvalue weighted by molar-refractivity contribution is -0.122. The fraction of sp³-hybridized carbons (Fsp3) is 0.417. The molecule has 29 heavy (non-hydrogen) atoms. The zero-order valence-corrected chi connectivity index (χ0v) is 17.3. The molecule has 1 heterocycles. The maximum Gasteiger partial charge on any atom is 0.223 e. The van der Waals surface area contributed by atoms with Gasteiger partial charge in [-0.1, -0.05) is 29.8 Å². The van der Waals surface area contributed by atoms with Crippen LogP contribution in [0.25, 0.3) is 11.0 Å². The number of carbonyl (C=O) groups is 1. The lowest BCUT2D eigenvalue weighted by Gasteiger charge is -2.12. The standard InChI is InChI=1S/C24H29N3O2/c1-17-8-11-22(18(2)16-17)29-15-5-14-27-21-7-4-3-6-20(21)26-23(27)12-13-25-24(28)19-9-10-19/h3-4,6-8,11,16,19H,5,9-10,12-15H2,1-2H3,(H,25,28). The van der Waals surface area contributed by atoms with Crippen LogP contribution in [0.15, 0.2) is 42.5 Å². The van der Waals surface area contributed by atoms with E-state index in [1.165, 1.54) is 11.1 Å². The molecule has 5 heteroatoms. The van der Waals surface area contributed by atoms with Gasteiger partial charge in [0.15, 0.2) is 0 Å². The summed E-state index contributed by atoms with van der Waals surface area (Å²) in [5.74, 6) is 2.41.